The number of phenolic OH excluding ortho intramolecular Hbond substituents is 1. The van der Waals surface area contributed by atoms with Crippen LogP contribution in [0.4, 0.5) is 0 Å². The summed E-state index contributed by atoms with van der Waals surface area (Å²) in [6.07, 6.45) is 2.63. The number of carboxylic acids is 1. The molecule has 0 aliphatic carbocycles. The largest absolute Gasteiger partial charge is 0.506 e. The number of benzene rings is 1. The average molecular weight is 274 g/mol. The van der Waals surface area contributed by atoms with E-state index >= 15 is 0 Å². The van der Waals surface area contributed by atoms with Crippen molar-refractivity contribution in [1.29, 1.82) is 0 Å². The SMILES string of the molecule is O=C(O)c1cnn(-c2ccccc2O)c1C1CCCO1. The number of hydrogen-bond donors (Lipinski definition) is 2. The molecule has 1 aromatic carbocycles. The van der Waals surface area contributed by atoms with Gasteiger partial charge in [-0.05, 0) is 25.0 Å². The Labute approximate surface area is 115 Å². The summed E-state index contributed by atoms with van der Waals surface area (Å²) < 4.78 is 7.04. The van der Waals surface area contributed by atoms with Gasteiger partial charge in [-0.25, -0.2) is 9.48 Å². The van der Waals surface area contributed by atoms with Gasteiger partial charge in [0.15, 0.2) is 0 Å². The fourth-order valence-corrected chi connectivity index (χ4v) is 2.46. The molecule has 0 bridgehead atoms. The Kier molecular flexibility index (Phi) is 3.15. The number of ether oxygens (including phenoxy) is 1. The summed E-state index contributed by atoms with van der Waals surface area (Å²) in [4.78, 5) is 11.3. The van der Waals surface area contributed by atoms with Crippen molar-refractivity contribution in [3.8, 4) is 11.4 Å². The summed E-state index contributed by atoms with van der Waals surface area (Å²) in [5.74, 6) is -0.996. The van der Waals surface area contributed by atoms with Crippen LogP contribution in [0.5, 0.6) is 5.75 Å². The summed E-state index contributed by atoms with van der Waals surface area (Å²) in [7, 11) is 0. The minimum absolute atomic E-state index is 0.0479. The molecule has 6 heteroatoms. The van der Waals surface area contributed by atoms with Gasteiger partial charge in [-0.15, -0.1) is 0 Å². The number of aromatic hydroxyl groups is 1. The molecular weight excluding hydrogens is 260 g/mol. The predicted octanol–water partition coefficient (Wildman–Crippen LogP) is 2.13. The number of carbonyl (C=O) groups is 1. The van der Waals surface area contributed by atoms with E-state index in [-0.39, 0.29) is 17.4 Å². The molecule has 1 aromatic heterocycles. The minimum atomic E-state index is -1.04. The number of aromatic nitrogens is 2. The Hall–Kier alpha value is -2.34. The van der Waals surface area contributed by atoms with E-state index in [1.165, 1.54) is 16.9 Å². The molecule has 1 atom stereocenters. The van der Waals surface area contributed by atoms with Crippen molar-refractivity contribution >= 4 is 5.97 Å². The summed E-state index contributed by atoms with van der Waals surface area (Å²) in [5.41, 5.74) is 1.04. The standard InChI is InChI=1S/C14H14N2O4/c17-11-5-2-1-4-10(11)16-13(12-6-3-7-20-12)9(8-15-16)14(18)19/h1-2,4-5,8,12,17H,3,6-7H2,(H,18,19). The van der Waals surface area contributed by atoms with Gasteiger partial charge in [-0.2, -0.15) is 5.10 Å². The van der Waals surface area contributed by atoms with Crippen molar-refractivity contribution in [2.75, 3.05) is 6.61 Å². The van der Waals surface area contributed by atoms with Crippen molar-refractivity contribution in [3.05, 3.63) is 41.7 Å². The van der Waals surface area contributed by atoms with Crippen LogP contribution in [0.15, 0.2) is 30.5 Å². The Morgan fingerprint density at radius 3 is 2.85 bits per heavy atom. The molecule has 2 heterocycles. The molecule has 2 aromatic rings. The van der Waals surface area contributed by atoms with E-state index in [9.17, 15) is 15.0 Å². The molecule has 0 spiro atoms. The molecule has 1 saturated heterocycles. The maximum absolute atomic E-state index is 11.3. The molecule has 3 rings (SSSR count). The highest BCUT2D eigenvalue weighted by Crippen LogP contribution is 2.34. The number of para-hydroxylation sites is 2. The average Bonchev–Trinajstić information content (AvgIpc) is 3.07. The molecule has 6 nitrogen and oxygen atoms in total. The van der Waals surface area contributed by atoms with Crippen LogP contribution in [0.3, 0.4) is 0 Å². The fourth-order valence-electron chi connectivity index (χ4n) is 2.46. The van der Waals surface area contributed by atoms with Crippen molar-refractivity contribution < 1.29 is 19.7 Å². The van der Waals surface area contributed by atoms with Crippen LogP contribution in [-0.4, -0.2) is 32.6 Å². The molecule has 104 valence electrons. The second kappa shape index (κ2) is 4.97. The molecule has 1 aliphatic rings. The first-order chi connectivity index (χ1) is 9.68. The van der Waals surface area contributed by atoms with Gasteiger partial charge >= 0.3 is 5.97 Å². The number of rotatable bonds is 3. The van der Waals surface area contributed by atoms with Crippen LogP contribution in [0.2, 0.25) is 0 Å². The summed E-state index contributed by atoms with van der Waals surface area (Å²) in [6.45, 7) is 0.607. The molecular formula is C14H14N2O4. The maximum atomic E-state index is 11.3. The van der Waals surface area contributed by atoms with E-state index in [2.05, 4.69) is 5.10 Å². The third-order valence-corrected chi connectivity index (χ3v) is 3.38. The molecule has 0 radical (unpaired) electrons. The first-order valence-corrected chi connectivity index (χ1v) is 6.39. The number of phenols is 1. The van der Waals surface area contributed by atoms with Crippen LogP contribution >= 0.6 is 0 Å². The Morgan fingerprint density at radius 1 is 1.40 bits per heavy atom. The zero-order valence-electron chi connectivity index (χ0n) is 10.7. The number of aromatic carboxylic acids is 1. The molecule has 2 N–H and O–H groups in total. The molecule has 1 fully saturated rings. The summed E-state index contributed by atoms with van der Waals surface area (Å²) >= 11 is 0. The normalized spacial score (nSPS) is 18.3. The van der Waals surface area contributed by atoms with E-state index in [4.69, 9.17) is 4.74 Å². The zero-order chi connectivity index (χ0) is 14.1. The van der Waals surface area contributed by atoms with E-state index in [1.54, 1.807) is 18.2 Å². The van der Waals surface area contributed by atoms with Gasteiger partial charge in [0.1, 0.15) is 23.1 Å². The third-order valence-electron chi connectivity index (χ3n) is 3.38. The molecule has 20 heavy (non-hydrogen) atoms. The van der Waals surface area contributed by atoms with Crippen molar-refractivity contribution in [3.63, 3.8) is 0 Å². The zero-order valence-corrected chi connectivity index (χ0v) is 10.7. The summed E-state index contributed by atoms with van der Waals surface area (Å²) in [5, 5.41) is 23.3. The third kappa shape index (κ3) is 2.04. The van der Waals surface area contributed by atoms with Crippen molar-refractivity contribution in [2.45, 2.75) is 18.9 Å². The lowest BCUT2D eigenvalue weighted by atomic mass is 10.1. The Morgan fingerprint density at radius 2 is 2.20 bits per heavy atom. The van der Waals surface area contributed by atoms with Gasteiger partial charge < -0.3 is 14.9 Å². The number of carboxylic acid groups (broad SMARTS) is 1. The van der Waals surface area contributed by atoms with E-state index in [0.29, 0.717) is 18.0 Å². The minimum Gasteiger partial charge on any atom is -0.506 e. The van der Waals surface area contributed by atoms with E-state index < -0.39 is 5.97 Å². The molecule has 1 unspecified atom stereocenters. The van der Waals surface area contributed by atoms with Gasteiger partial charge in [-0.3, -0.25) is 0 Å². The van der Waals surface area contributed by atoms with Gasteiger partial charge in [-0.1, -0.05) is 12.1 Å². The predicted molar refractivity (Wildman–Crippen MR) is 70.1 cm³/mol. The number of nitrogens with zero attached hydrogens (tertiary/aromatic N) is 2. The van der Waals surface area contributed by atoms with Crippen LogP contribution in [-0.2, 0) is 4.74 Å². The van der Waals surface area contributed by atoms with Crippen molar-refractivity contribution in [2.24, 2.45) is 0 Å². The summed E-state index contributed by atoms with van der Waals surface area (Å²) in [6, 6.07) is 6.69. The monoisotopic (exact) mass is 274 g/mol. The first-order valence-electron chi connectivity index (χ1n) is 6.39. The van der Waals surface area contributed by atoms with Gasteiger partial charge in [0.25, 0.3) is 0 Å². The van der Waals surface area contributed by atoms with E-state index in [0.717, 1.165) is 12.8 Å². The van der Waals surface area contributed by atoms with Crippen LogP contribution in [0, 0.1) is 0 Å². The van der Waals surface area contributed by atoms with Crippen LogP contribution < -0.4 is 0 Å². The van der Waals surface area contributed by atoms with Crippen LogP contribution in [0.25, 0.3) is 5.69 Å². The number of hydrogen-bond acceptors (Lipinski definition) is 4. The second-order valence-corrected chi connectivity index (χ2v) is 4.65. The second-order valence-electron chi connectivity index (χ2n) is 4.65. The molecule has 0 saturated carbocycles. The Bertz CT molecular complexity index is 644. The fraction of sp³-hybridized carbons (Fsp3) is 0.286. The molecule has 1 aliphatic heterocycles. The van der Waals surface area contributed by atoms with Gasteiger partial charge in [0.2, 0.25) is 0 Å². The van der Waals surface area contributed by atoms with Crippen molar-refractivity contribution in [1.82, 2.24) is 9.78 Å². The maximum Gasteiger partial charge on any atom is 0.339 e. The first kappa shape index (κ1) is 12.7. The smallest absolute Gasteiger partial charge is 0.339 e. The quantitative estimate of drug-likeness (QED) is 0.895. The molecule has 0 amide bonds. The highest BCUT2D eigenvalue weighted by molar-refractivity contribution is 5.89. The van der Waals surface area contributed by atoms with E-state index in [1.807, 2.05) is 0 Å². The Balaban J connectivity index is 2.16. The lowest BCUT2D eigenvalue weighted by molar-refractivity contribution is 0.0679. The van der Waals surface area contributed by atoms with Gasteiger partial charge in [0, 0.05) is 6.61 Å². The topological polar surface area (TPSA) is 84.6 Å². The van der Waals surface area contributed by atoms with Crippen LogP contribution in [0.1, 0.15) is 35.0 Å². The highest BCUT2D eigenvalue weighted by Gasteiger charge is 2.29. The lowest BCUT2D eigenvalue weighted by Gasteiger charge is -2.14. The highest BCUT2D eigenvalue weighted by atomic mass is 16.5. The van der Waals surface area contributed by atoms with Gasteiger partial charge in [0.05, 0.1) is 11.9 Å². The lowest BCUT2D eigenvalue weighted by Crippen LogP contribution is -2.11.